The summed E-state index contributed by atoms with van der Waals surface area (Å²) in [5, 5.41) is 0. The molecule has 0 aromatic carbocycles. The minimum atomic E-state index is -3.69. The first-order valence-electron chi connectivity index (χ1n) is 0.565. The van der Waals surface area contributed by atoms with Crippen molar-refractivity contribution in [1.82, 2.24) is 0 Å². The van der Waals surface area contributed by atoms with Crippen LogP contribution in [-0.2, 0) is 41.3 Å². The molecule has 0 aromatic heterocycles. The van der Waals surface area contributed by atoms with Gasteiger partial charge < -0.3 is 0 Å². The summed E-state index contributed by atoms with van der Waals surface area (Å²) < 4.78 is 24.4. The van der Waals surface area contributed by atoms with Gasteiger partial charge in [-0.25, -0.2) is 0 Å². The van der Waals surface area contributed by atoms with Gasteiger partial charge in [0.1, 0.15) is 0 Å². The van der Waals surface area contributed by atoms with Crippen molar-refractivity contribution in [3.05, 3.63) is 0 Å². The van der Waals surface area contributed by atoms with E-state index in [-0.39, 0.29) is 48.1 Å². The van der Waals surface area contributed by atoms with E-state index in [1.807, 2.05) is 0 Å². The van der Waals surface area contributed by atoms with E-state index in [1.165, 1.54) is 0 Å². The van der Waals surface area contributed by atoms with Gasteiger partial charge in [-0.2, -0.15) is 0 Å². The maximum Gasteiger partial charge on any atom is 0 e. The summed E-state index contributed by atoms with van der Waals surface area (Å²) in [6.45, 7) is 0. The van der Waals surface area contributed by atoms with Crippen LogP contribution in [0.4, 0.5) is 0 Å². The Labute approximate surface area is 74.0 Å². The van der Waals surface area contributed by atoms with Crippen molar-refractivity contribution in [3.8, 4) is 0 Å². The van der Waals surface area contributed by atoms with Gasteiger partial charge in [0.2, 0.25) is 0 Å². The summed E-state index contributed by atoms with van der Waals surface area (Å²) in [6, 6.07) is 0. The third-order valence-electron chi connectivity index (χ3n) is 0. The van der Waals surface area contributed by atoms with Crippen LogP contribution in [-0.4, -0.2) is 33.6 Å². The van der Waals surface area contributed by atoms with Gasteiger partial charge in [-0.1, -0.05) is 0 Å². The minimum Gasteiger partial charge on any atom is 0 e. The Kier molecular flexibility index (Phi) is 25.8. The second kappa shape index (κ2) is 9.88. The Balaban J connectivity index is -0.0000000450. The minimum absolute atomic E-state index is 0. The topological polar surface area (TPSA) is 54.4 Å². The van der Waals surface area contributed by atoms with Crippen molar-refractivity contribution in [3.63, 3.8) is 0 Å². The molecular formula is H2NaO3V2. The summed E-state index contributed by atoms with van der Waals surface area (Å²) in [6.07, 6.45) is 0. The zero-order valence-corrected chi connectivity index (χ0v) is 4.95. The van der Waals surface area contributed by atoms with E-state index < -0.39 is 15.4 Å². The molecule has 1 N–H and O–H groups in total. The largest absolute Gasteiger partial charge is 0 e. The molecule has 0 saturated heterocycles. The second-order valence-corrected chi connectivity index (χ2v) is 0.981. The molecule has 0 aromatic rings. The third-order valence-corrected chi connectivity index (χ3v) is 0. The SMILES string of the molecule is [NaH].[O]=[V](=[O])[OH].[V]. The van der Waals surface area contributed by atoms with Gasteiger partial charge >= 0.3 is 56.3 Å². The van der Waals surface area contributed by atoms with Gasteiger partial charge in [0.15, 0.2) is 0 Å². The van der Waals surface area contributed by atoms with Crippen LogP contribution in [0.2, 0.25) is 0 Å². The fraction of sp³-hybridized carbons (Fsp3) is 0. The number of rotatable bonds is 0. The molecule has 0 heterocycles. The van der Waals surface area contributed by atoms with Crippen LogP contribution in [0.15, 0.2) is 0 Å². The van der Waals surface area contributed by atoms with E-state index in [0.29, 0.717) is 0 Å². The molecule has 0 bridgehead atoms. The van der Waals surface area contributed by atoms with E-state index >= 15 is 0 Å². The fourth-order valence-corrected chi connectivity index (χ4v) is 0. The van der Waals surface area contributed by atoms with Gasteiger partial charge in [-0.3, -0.25) is 0 Å². The Hall–Kier alpha value is 1.73. The number of hydrogen-bond acceptors (Lipinski definition) is 2. The first-order chi connectivity index (χ1) is 1.73. The van der Waals surface area contributed by atoms with Crippen LogP contribution in [0, 0.1) is 0 Å². The Morgan fingerprint density at radius 2 is 1.33 bits per heavy atom. The summed E-state index contributed by atoms with van der Waals surface area (Å²) in [7, 11) is 0. The van der Waals surface area contributed by atoms with Gasteiger partial charge in [0.25, 0.3) is 0 Å². The van der Waals surface area contributed by atoms with Crippen molar-refractivity contribution in [1.29, 1.82) is 0 Å². The molecule has 0 aliphatic carbocycles. The number of hydrogen-bond donors (Lipinski definition) is 1. The molecule has 6 heteroatoms. The predicted octanol–water partition coefficient (Wildman–Crippen LogP) is -1.45. The van der Waals surface area contributed by atoms with E-state index in [2.05, 4.69) is 0 Å². The molecule has 6 heavy (non-hydrogen) atoms. The van der Waals surface area contributed by atoms with E-state index in [1.54, 1.807) is 0 Å². The van der Waals surface area contributed by atoms with Gasteiger partial charge in [-0.05, 0) is 0 Å². The van der Waals surface area contributed by atoms with Crippen molar-refractivity contribution < 1.29 is 45.3 Å². The molecule has 3 nitrogen and oxygen atoms in total. The van der Waals surface area contributed by atoms with Crippen molar-refractivity contribution in [2.75, 3.05) is 0 Å². The summed E-state index contributed by atoms with van der Waals surface area (Å²) in [4.78, 5) is 0. The smallest absolute Gasteiger partial charge is 0 e. The standard InChI is InChI=1S/Na.H2O.2O.2V.H/h;1H2;;;;;/q;;;;;+1;/p-1. The molecule has 0 aliphatic heterocycles. The van der Waals surface area contributed by atoms with Crippen molar-refractivity contribution in [2.45, 2.75) is 0 Å². The fourth-order valence-electron chi connectivity index (χ4n) is 0. The van der Waals surface area contributed by atoms with Crippen LogP contribution in [0.5, 0.6) is 0 Å². The van der Waals surface area contributed by atoms with Crippen molar-refractivity contribution >= 4 is 29.6 Å². The molecule has 31 valence electrons. The first kappa shape index (κ1) is 15.6. The molecule has 0 rings (SSSR count). The first-order valence-corrected chi connectivity index (χ1v) is 2.33. The zero-order valence-electron chi connectivity index (χ0n) is 2.16. The molecule has 0 aliphatic rings. The Morgan fingerprint density at radius 3 is 1.33 bits per heavy atom. The van der Waals surface area contributed by atoms with Crippen molar-refractivity contribution in [2.24, 2.45) is 0 Å². The maximum absolute atomic E-state index is 8.67. The van der Waals surface area contributed by atoms with Crippen LogP contribution in [0.25, 0.3) is 0 Å². The summed E-state index contributed by atoms with van der Waals surface area (Å²) in [5.74, 6) is 0. The van der Waals surface area contributed by atoms with Crippen LogP contribution in [0.3, 0.4) is 0 Å². The molecule has 0 spiro atoms. The quantitative estimate of drug-likeness (QED) is 0.458. The monoisotopic (exact) mass is 175 g/mol. The van der Waals surface area contributed by atoms with Gasteiger partial charge in [0.05, 0.1) is 0 Å². The molecule has 0 amide bonds. The molecule has 1 radical (unpaired) electrons. The van der Waals surface area contributed by atoms with Gasteiger partial charge in [-0.15, -0.1) is 0 Å². The molecule has 0 saturated carbocycles. The maximum atomic E-state index is 8.67. The Bertz CT molecular complexity index is 57.2. The Morgan fingerprint density at radius 1 is 1.33 bits per heavy atom. The second-order valence-electron chi connectivity index (χ2n) is 0.238. The normalized spacial score (nSPS) is 4.17. The van der Waals surface area contributed by atoms with E-state index in [4.69, 9.17) is 11.4 Å². The average molecular weight is 175 g/mol. The summed E-state index contributed by atoms with van der Waals surface area (Å²) >= 11 is -3.69. The van der Waals surface area contributed by atoms with Crippen LogP contribution >= 0.6 is 0 Å². The van der Waals surface area contributed by atoms with Crippen LogP contribution in [0.1, 0.15) is 0 Å². The molecule has 0 atom stereocenters. The zero-order chi connectivity index (χ0) is 3.58. The third kappa shape index (κ3) is 42.9. The van der Waals surface area contributed by atoms with E-state index in [9.17, 15) is 0 Å². The van der Waals surface area contributed by atoms with Crippen LogP contribution < -0.4 is 0 Å². The summed E-state index contributed by atoms with van der Waals surface area (Å²) in [5.41, 5.74) is 0. The van der Waals surface area contributed by atoms with Gasteiger partial charge in [0, 0.05) is 18.6 Å². The molecule has 0 fully saturated rings. The molecule has 0 unspecified atom stereocenters. The predicted molar refractivity (Wildman–Crippen MR) is 10.7 cm³/mol. The van der Waals surface area contributed by atoms with E-state index in [0.717, 1.165) is 0 Å². The average Bonchev–Trinajstić information content (AvgIpc) is 0.811. The molecular weight excluding hydrogens is 173 g/mol.